The van der Waals surface area contributed by atoms with Crippen molar-refractivity contribution in [1.29, 1.82) is 0 Å². The summed E-state index contributed by atoms with van der Waals surface area (Å²) in [6.45, 7) is 16.2. The van der Waals surface area contributed by atoms with E-state index in [1.54, 1.807) is 0 Å². The number of allylic oxidation sites excluding steroid dienone is 6. The Bertz CT molecular complexity index is 1130. The zero-order valence-corrected chi connectivity index (χ0v) is 24.4. The van der Waals surface area contributed by atoms with E-state index in [4.69, 9.17) is 0 Å². The quantitative estimate of drug-likeness (QED) is 0.265. The molecule has 5 rings (SSSR count). The van der Waals surface area contributed by atoms with Gasteiger partial charge in [0.25, 0.3) is 5.91 Å². The molecule has 1 aromatic carbocycles. The van der Waals surface area contributed by atoms with Crippen LogP contribution >= 0.6 is 11.9 Å². The molecule has 5 nitrogen and oxygen atoms in total. The molecule has 0 atom stereocenters. The number of carbonyl (C=O) groups is 1. The minimum Gasteiger partial charge on any atom is -0.368 e. The van der Waals surface area contributed by atoms with Crippen molar-refractivity contribution in [3.8, 4) is 0 Å². The molecule has 0 unspecified atom stereocenters. The summed E-state index contributed by atoms with van der Waals surface area (Å²) in [5, 5.41) is 0. The molecule has 0 bridgehead atoms. The predicted molar refractivity (Wildman–Crippen MR) is 163 cm³/mol. The van der Waals surface area contributed by atoms with Crippen molar-refractivity contribution in [3.63, 3.8) is 0 Å². The number of amides is 1. The minimum absolute atomic E-state index is 0.151. The molecular formula is C32H44N4OS. The monoisotopic (exact) mass is 532 g/mol. The van der Waals surface area contributed by atoms with Gasteiger partial charge in [-0.05, 0) is 99.6 Å². The van der Waals surface area contributed by atoms with E-state index >= 15 is 0 Å². The molecule has 1 aromatic rings. The highest BCUT2D eigenvalue weighted by molar-refractivity contribution is 8.00. The average Bonchev–Trinajstić information content (AvgIpc) is 3.45. The Hall–Kier alpha value is -2.60. The first-order valence-corrected chi connectivity index (χ1v) is 15.5. The molecule has 3 saturated heterocycles. The molecule has 204 valence electrons. The number of hydrogen-bond acceptors (Lipinski definition) is 5. The van der Waals surface area contributed by atoms with Crippen LogP contribution in [0.25, 0.3) is 0 Å². The lowest BCUT2D eigenvalue weighted by atomic mass is 10.0. The van der Waals surface area contributed by atoms with Crippen molar-refractivity contribution in [1.82, 2.24) is 9.80 Å². The van der Waals surface area contributed by atoms with Gasteiger partial charge in [-0.25, -0.2) is 0 Å². The second-order valence-corrected chi connectivity index (χ2v) is 12.1. The Labute approximate surface area is 234 Å². The van der Waals surface area contributed by atoms with Crippen molar-refractivity contribution in [2.24, 2.45) is 5.92 Å². The van der Waals surface area contributed by atoms with Crippen LogP contribution in [0.15, 0.2) is 65.5 Å². The third kappa shape index (κ3) is 5.85. The lowest BCUT2D eigenvalue weighted by Crippen LogP contribution is -2.48. The first-order valence-electron chi connectivity index (χ1n) is 14.6. The van der Waals surface area contributed by atoms with E-state index in [2.05, 4.69) is 82.8 Å². The van der Waals surface area contributed by atoms with E-state index in [1.807, 2.05) is 11.9 Å². The van der Waals surface area contributed by atoms with Crippen LogP contribution in [-0.4, -0.2) is 60.7 Å². The maximum Gasteiger partial charge on any atom is 0.256 e. The van der Waals surface area contributed by atoms with Crippen LogP contribution in [0.3, 0.4) is 0 Å². The maximum atomic E-state index is 13.9. The van der Waals surface area contributed by atoms with Gasteiger partial charge < -0.3 is 19.0 Å². The predicted octanol–water partition coefficient (Wildman–Crippen LogP) is 7.01. The summed E-state index contributed by atoms with van der Waals surface area (Å²) in [7, 11) is 0. The molecule has 3 aliphatic heterocycles. The van der Waals surface area contributed by atoms with E-state index in [0.29, 0.717) is 0 Å². The number of benzene rings is 1. The number of piperazine rings is 1. The van der Waals surface area contributed by atoms with Crippen molar-refractivity contribution in [2.75, 3.05) is 54.2 Å². The van der Waals surface area contributed by atoms with Crippen LogP contribution in [0.2, 0.25) is 0 Å². The van der Waals surface area contributed by atoms with Crippen molar-refractivity contribution >= 4 is 29.2 Å². The molecule has 0 N–H and O–H groups in total. The normalized spacial score (nSPS) is 21.7. The van der Waals surface area contributed by atoms with Gasteiger partial charge in [0, 0.05) is 62.1 Å². The summed E-state index contributed by atoms with van der Waals surface area (Å²) in [6.07, 6.45) is 14.0. The molecule has 6 heteroatoms. The van der Waals surface area contributed by atoms with Gasteiger partial charge in [0.15, 0.2) is 0 Å². The van der Waals surface area contributed by atoms with Gasteiger partial charge in [-0.2, -0.15) is 0 Å². The van der Waals surface area contributed by atoms with E-state index in [9.17, 15) is 4.79 Å². The van der Waals surface area contributed by atoms with Crippen LogP contribution in [0.5, 0.6) is 0 Å². The molecule has 4 aliphatic rings. The smallest absolute Gasteiger partial charge is 0.256 e. The topological polar surface area (TPSA) is 30.0 Å². The molecule has 1 saturated carbocycles. The second kappa shape index (κ2) is 12.1. The summed E-state index contributed by atoms with van der Waals surface area (Å²) < 4.78 is 2.37. The SMILES string of the molecule is C=C1CCCN1c1cc(N2CCCS2)ccc1C(=O)N1CCN(C(=C\CC)/C(C)=C\C(=C/C)C2CC2)CC1. The van der Waals surface area contributed by atoms with Gasteiger partial charge in [0.05, 0.1) is 11.3 Å². The lowest BCUT2D eigenvalue weighted by Gasteiger charge is -2.38. The first kappa shape index (κ1) is 27.0. The van der Waals surface area contributed by atoms with Crippen LogP contribution in [0.4, 0.5) is 11.4 Å². The summed E-state index contributed by atoms with van der Waals surface area (Å²) in [5.74, 6) is 2.07. The number of anilines is 2. The van der Waals surface area contributed by atoms with Crippen LogP contribution in [0, 0.1) is 5.92 Å². The van der Waals surface area contributed by atoms with Crippen LogP contribution in [-0.2, 0) is 0 Å². The zero-order chi connectivity index (χ0) is 26.6. The molecule has 3 heterocycles. The Morgan fingerprint density at radius 3 is 2.45 bits per heavy atom. The highest BCUT2D eigenvalue weighted by Gasteiger charge is 2.30. The number of carbonyl (C=O) groups excluding carboxylic acids is 1. The van der Waals surface area contributed by atoms with Crippen LogP contribution < -0.4 is 9.21 Å². The van der Waals surface area contributed by atoms with Gasteiger partial charge in [-0.3, -0.25) is 4.79 Å². The highest BCUT2D eigenvalue weighted by atomic mass is 32.2. The molecule has 1 amide bonds. The third-order valence-electron chi connectivity index (χ3n) is 8.25. The van der Waals surface area contributed by atoms with E-state index < -0.39 is 0 Å². The van der Waals surface area contributed by atoms with Crippen molar-refractivity contribution in [3.05, 3.63) is 71.1 Å². The first-order chi connectivity index (χ1) is 18.5. The lowest BCUT2D eigenvalue weighted by molar-refractivity contribution is 0.0672. The maximum absolute atomic E-state index is 13.9. The fourth-order valence-electron chi connectivity index (χ4n) is 5.99. The number of nitrogens with zero attached hydrogens (tertiary/aromatic N) is 4. The minimum atomic E-state index is 0.151. The van der Waals surface area contributed by atoms with Gasteiger partial charge >= 0.3 is 0 Å². The molecule has 0 spiro atoms. The van der Waals surface area contributed by atoms with Crippen molar-refractivity contribution < 1.29 is 4.79 Å². The standard InChI is InChI=1S/C32H44N4OS/c1-5-9-30(24(3)22-26(6-2)27-11-12-27)33-17-19-34(20-18-33)32(37)29-14-13-28(36-16-8-21-38-36)23-31(29)35-15-7-10-25(35)4/h6,9,13-14,22-23,27H,4-5,7-8,10-12,15-21H2,1-3H3/b24-22-,26-6+,30-9-. The summed E-state index contributed by atoms with van der Waals surface area (Å²) >= 11 is 1.89. The van der Waals surface area contributed by atoms with Crippen LogP contribution in [0.1, 0.15) is 69.7 Å². The van der Waals surface area contributed by atoms with E-state index in [1.165, 1.54) is 41.8 Å². The Balaban J connectivity index is 1.32. The molecule has 1 aliphatic carbocycles. The molecule has 0 radical (unpaired) electrons. The molecule has 38 heavy (non-hydrogen) atoms. The molecule has 0 aromatic heterocycles. The van der Waals surface area contributed by atoms with Crippen molar-refractivity contribution in [2.45, 2.75) is 59.3 Å². The van der Waals surface area contributed by atoms with Gasteiger partial charge in [-0.15, -0.1) is 0 Å². The second-order valence-electron chi connectivity index (χ2n) is 11.0. The fourth-order valence-corrected chi connectivity index (χ4v) is 6.99. The Morgan fingerprint density at radius 2 is 1.84 bits per heavy atom. The zero-order valence-electron chi connectivity index (χ0n) is 23.5. The third-order valence-corrected chi connectivity index (χ3v) is 9.42. The van der Waals surface area contributed by atoms with E-state index in [-0.39, 0.29) is 5.91 Å². The Kier molecular flexibility index (Phi) is 8.57. The number of rotatable bonds is 8. The van der Waals surface area contributed by atoms with Gasteiger partial charge in [-0.1, -0.05) is 31.7 Å². The fraction of sp³-hybridized carbons (Fsp3) is 0.531. The largest absolute Gasteiger partial charge is 0.368 e. The molecular weight excluding hydrogens is 488 g/mol. The summed E-state index contributed by atoms with van der Waals surface area (Å²) in [6, 6.07) is 6.43. The highest BCUT2D eigenvalue weighted by Crippen LogP contribution is 2.39. The summed E-state index contributed by atoms with van der Waals surface area (Å²) in [5.41, 5.74) is 8.33. The summed E-state index contributed by atoms with van der Waals surface area (Å²) in [4.78, 5) is 20.7. The average molecular weight is 533 g/mol. The number of hydrogen-bond donors (Lipinski definition) is 0. The van der Waals surface area contributed by atoms with Gasteiger partial charge in [0.1, 0.15) is 0 Å². The Morgan fingerprint density at radius 1 is 1.08 bits per heavy atom. The molecule has 4 fully saturated rings. The van der Waals surface area contributed by atoms with E-state index in [0.717, 1.165) is 87.1 Å². The van der Waals surface area contributed by atoms with Gasteiger partial charge in [0.2, 0.25) is 0 Å².